The molecular weight excluding hydrogens is 536 g/mol. The van der Waals surface area contributed by atoms with Gasteiger partial charge in [0.1, 0.15) is 0 Å². The number of pyridine rings is 1. The third-order valence-electron chi connectivity index (χ3n) is 6.92. The summed E-state index contributed by atoms with van der Waals surface area (Å²) < 4.78 is 12.8. The Morgan fingerprint density at radius 3 is 2.78 bits per heavy atom. The molecule has 41 heavy (non-hydrogen) atoms. The minimum absolute atomic E-state index is 0.110. The molecule has 0 radical (unpaired) electrons. The molecule has 212 valence electrons. The smallest absolute Gasteiger partial charge is 0.305 e. The summed E-state index contributed by atoms with van der Waals surface area (Å²) in [5, 5.41) is 8.98. The summed E-state index contributed by atoms with van der Waals surface area (Å²) in [5.74, 6) is -0.363. The summed E-state index contributed by atoms with van der Waals surface area (Å²) in [4.78, 5) is 30.6. The number of nitrogens with zero attached hydrogens (tertiary/aromatic N) is 3. The summed E-state index contributed by atoms with van der Waals surface area (Å²) in [6, 6.07) is 19.7. The van der Waals surface area contributed by atoms with Gasteiger partial charge in [-0.3, -0.25) is 14.6 Å². The third-order valence-corrected chi connectivity index (χ3v) is 7.98. The molecular formula is C32H34N4O4S. The molecule has 0 aliphatic carbocycles. The number of fused-ring (bicyclic) bond motifs is 1. The maximum atomic E-state index is 13.0. The van der Waals surface area contributed by atoms with Gasteiger partial charge in [0.2, 0.25) is 0 Å². The Morgan fingerprint density at radius 2 is 1.98 bits per heavy atom. The molecule has 1 atom stereocenters. The standard InChI is InChI=1S/C32H34N4O4S/c1-39-31(37)14-5-8-20-34-32(38)26-11-2-3-12-29(26)41-24-16-17-25-27(18-15-23-10-4-7-19-33-23)35-36(28(25)22-24)30-13-6-9-21-40-30/h2-4,7,10-12,15-19,22,30H,5-6,8-9,13-14,20-21H2,1H3,(H,34,38). The average molecular weight is 571 g/mol. The normalized spacial score (nSPS) is 15.3. The highest BCUT2D eigenvalue weighted by Gasteiger charge is 2.21. The molecule has 1 N–H and O–H groups in total. The number of ether oxygens (including phenoxy) is 2. The highest BCUT2D eigenvalue weighted by atomic mass is 32.2. The van der Waals surface area contributed by atoms with E-state index in [1.54, 1.807) is 18.0 Å². The van der Waals surface area contributed by atoms with Gasteiger partial charge < -0.3 is 14.8 Å². The summed E-state index contributed by atoms with van der Waals surface area (Å²) in [7, 11) is 1.38. The Bertz CT molecular complexity index is 1510. The number of esters is 1. The van der Waals surface area contributed by atoms with E-state index in [9.17, 15) is 9.59 Å². The number of aromatic nitrogens is 3. The Balaban J connectivity index is 1.36. The number of nitrogens with one attached hydrogen (secondary N) is 1. The fourth-order valence-corrected chi connectivity index (χ4v) is 5.74. The van der Waals surface area contributed by atoms with E-state index in [1.807, 2.05) is 59.3 Å². The van der Waals surface area contributed by atoms with Crippen molar-refractivity contribution >= 4 is 46.7 Å². The predicted octanol–water partition coefficient (Wildman–Crippen LogP) is 6.53. The number of hydrogen-bond acceptors (Lipinski definition) is 7. The molecule has 2 aromatic carbocycles. The van der Waals surface area contributed by atoms with Gasteiger partial charge in [-0.1, -0.05) is 30.0 Å². The van der Waals surface area contributed by atoms with Crippen LogP contribution in [0.25, 0.3) is 23.1 Å². The molecule has 1 unspecified atom stereocenters. The van der Waals surface area contributed by atoms with Gasteiger partial charge in [-0.05, 0) is 86.7 Å². The van der Waals surface area contributed by atoms with Crippen LogP contribution < -0.4 is 5.32 Å². The van der Waals surface area contributed by atoms with Crippen LogP contribution in [-0.4, -0.2) is 46.9 Å². The number of methoxy groups -OCH3 is 1. The SMILES string of the molecule is COC(=O)CCCCNC(=O)c1ccccc1Sc1ccc2c(C=Cc3ccccn3)nn(C3CCCCO3)c2c1. The molecule has 5 rings (SSSR count). The van der Waals surface area contributed by atoms with Crippen LogP contribution in [0.1, 0.15) is 66.5 Å². The number of amides is 1. The van der Waals surface area contributed by atoms with Crippen molar-refractivity contribution in [1.82, 2.24) is 20.1 Å². The number of unbranched alkanes of at least 4 members (excludes halogenated alkanes) is 1. The highest BCUT2D eigenvalue weighted by Crippen LogP contribution is 2.35. The molecule has 9 heteroatoms. The van der Waals surface area contributed by atoms with Crippen LogP contribution in [0.3, 0.4) is 0 Å². The minimum Gasteiger partial charge on any atom is -0.469 e. The lowest BCUT2D eigenvalue weighted by Crippen LogP contribution is -2.25. The van der Waals surface area contributed by atoms with Crippen molar-refractivity contribution in [2.24, 2.45) is 0 Å². The largest absolute Gasteiger partial charge is 0.469 e. The van der Waals surface area contributed by atoms with Gasteiger partial charge in [-0.15, -0.1) is 0 Å². The zero-order chi connectivity index (χ0) is 28.4. The lowest BCUT2D eigenvalue weighted by molar-refractivity contribution is -0.140. The van der Waals surface area contributed by atoms with Crippen LogP contribution in [-0.2, 0) is 14.3 Å². The maximum absolute atomic E-state index is 13.0. The first-order valence-corrected chi connectivity index (χ1v) is 14.8. The van der Waals surface area contributed by atoms with Gasteiger partial charge in [0.25, 0.3) is 5.91 Å². The second-order valence-corrected chi connectivity index (χ2v) is 10.9. The molecule has 1 saturated heterocycles. The fourth-order valence-electron chi connectivity index (χ4n) is 4.77. The molecule has 1 aliphatic rings. The van der Waals surface area contributed by atoms with E-state index in [4.69, 9.17) is 9.84 Å². The van der Waals surface area contributed by atoms with Crippen LogP contribution >= 0.6 is 11.8 Å². The molecule has 1 fully saturated rings. The lowest BCUT2D eigenvalue weighted by Gasteiger charge is -2.23. The van der Waals surface area contributed by atoms with Crippen LogP contribution in [0.5, 0.6) is 0 Å². The number of rotatable bonds is 11. The second kappa shape index (κ2) is 14.1. The monoisotopic (exact) mass is 570 g/mol. The van der Waals surface area contributed by atoms with Gasteiger partial charge in [0.15, 0.2) is 6.23 Å². The number of carbonyl (C=O) groups excluding carboxylic acids is 2. The number of hydrogen-bond donors (Lipinski definition) is 1. The second-order valence-electron chi connectivity index (χ2n) is 9.81. The molecule has 8 nitrogen and oxygen atoms in total. The zero-order valence-corrected chi connectivity index (χ0v) is 23.9. The summed E-state index contributed by atoms with van der Waals surface area (Å²) >= 11 is 1.55. The fraction of sp³-hybridized carbons (Fsp3) is 0.312. The van der Waals surface area contributed by atoms with E-state index in [2.05, 4.69) is 33.2 Å². The Kier molecular flexibility index (Phi) is 9.82. The molecule has 1 aliphatic heterocycles. The zero-order valence-electron chi connectivity index (χ0n) is 23.1. The Labute approximate surface area is 244 Å². The lowest BCUT2D eigenvalue weighted by atomic mass is 10.1. The van der Waals surface area contributed by atoms with Crippen LogP contribution in [0.4, 0.5) is 0 Å². The van der Waals surface area contributed by atoms with Crippen molar-refractivity contribution in [3.8, 4) is 0 Å². The first-order chi connectivity index (χ1) is 20.1. The topological polar surface area (TPSA) is 95.3 Å². The van der Waals surface area contributed by atoms with Crippen LogP contribution in [0.15, 0.2) is 76.7 Å². The molecule has 0 saturated carbocycles. The number of benzene rings is 2. The first-order valence-electron chi connectivity index (χ1n) is 14.0. The van der Waals surface area contributed by atoms with Crippen LogP contribution in [0.2, 0.25) is 0 Å². The van der Waals surface area contributed by atoms with E-state index in [0.29, 0.717) is 31.4 Å². The summed E-state index contributed by atoms with van der Waals surface area (Å²) in [6.45, 7) is 1.22. The predicted molar refractivity (Wildman–Crippen MR) is 161 cm³/mol. The van der Waals surface area contributed by atoms with Gasteiger partial charge in [-0.25, -0.2) is 4.68 Å². The molecule has 4 aromatic rings. The van der Waals surface area contributed by atoms with Crippen molar-refractivity contribution in [1.29, 1.82) is 0 Å². The van der Waals surface area contributed by atoms with E-state index in [0.717, 1.165) is 58.0 Å². The average Bonchev–Trinajstić information content (AvgIpc) is 3.38. The van der Waals surface area contributed by atoms with E-state index in [1.165, 1.54) is 7.11 Å². The Hall–Kier alpha value is -3.95. The Morgan fingerprint density at radius 1 is 1.10 bits per heavy atom. The highest BCUT2D eigenvalue weighted by molar-refractivity contribution is 7.99. The van der Waals surface area contributed by atoms with E-state index >= 15 is 0 Å². The van der Waals surface area contributed by atoms with Crippen molar-refractivity contribution < 1.29 is 19.1 Å². The molecule has 1 amide bonds. The van der Waals surface area contributed by atoms with E-state index < -0.39 is 0 Å². The van der Waals surface area contributed by atoms with Gasteiger partial charge in [0.05, 0.1) is 29.6 Å². The van der Waals surface area contributed by atoms with Crippen molar-refractivity contribution in [3.05, 3.63) is 83.8 Å². The maximum Gasteiger partial charge on any atom is 0.305 e. The quantitative estimate of drug-likeness (QED) is 0.162. The van der Waals surface area contributed by atoms with E-state index in [-0.39, 0.29) is 18.1 Å². The summed E-state index contributed by atoms with van der Waals surface area (Å²) in [5.41, 5.74) is 3.35. The number of carbonyl (C=O) groups is 2. The molecule has 0 spiro atoms. The molecule has 0 bridgehead atoms. The van der Waals surface area contributed by atoms with Gasteiger partial charge >= 0.3 is 5.97 Å². The van der Waals surface area contributed by atoms with Gasteiger partial charge in [-0.2, -0.15) is 5.10 Å². The third kappa shape index (κ3) is 7.42. The van der Waals surface area contributed by atoms with Crippen molar-refractivity contribution in [3.63, 3.8) is 0 Å². The van der Waals surface area contributed by atoms with Crippen molar-refractivity contribution in [2.75, 3.05) is 20.3 Å². The molecule has 2 aromatic heterocycles. The minimum atomic E-state index is -0.234. The van der Waals surface area contributed by atoms with Gasteiger partial charge in [0, 0.05) is 40.9 Å². The van der Waals surface area contributed by atoms with Crippen LogP contribution in [0, 0.1) is 0 Å². The molecule has 3 heterocycles. The van der Waals surface area contributed by atoms with Crippen molar-refractivity contribution in [2.45, 2.75) is 54.5 Å². The summed E-state index contributed by atoms with van der Waals surface area (Å²) in [6.07, 6.45) is 10.4. The first kappa shape index (κ1) is 28.6.